The minimum absolute atomic E-state index is 0.261. The molecule has 27 heavy (non-hydrogen) atoms. The second kappa shape index (κ2) is 7.48. The fraction of sp³-hybridized carbons (Fsp3) is 0.333. The van der Waals surface area contributed by atoms with Crippen LogP contribution in [0.2, 0.25) is 0 Å². The van der Waals surface area contributed by atoms with Gasteiger partial charge in [0.1, 0.15) is 11.6 Å². The molecule has 2 heterocycles. The molecular formula is C21H21FN2O3. The third-order valence-corrected chi connectivity index (χ3v) is 5.15. The standard InChI is InChI=1S/C21H21FN2O3/c1-25-18-5-3-2-4-15(18)14-19-23-24-20(27-19)21(10-12-26-13-11-21)16-6-8-17(22)9-7-16/h2-9H,10-14H2,1H3. The molecular weight excluding hydrogens is 347 g/mol. The molecule has 1 aliphatic heterocycles. The number of benzene rings is 2. The highest BCUT2D eigenvalue weighted by molar-refractivity contribution is 5.36. The number of aromatic nitrogens is 2. The van der Waals surface area contributed by atoms with Crippen LogP contribution in [-0.2, 0) is 16.6 Å². The van der Waals surface area contributed by atoms with E-state index in [0.717, 1.165) is 29.7 Å². The molecule has 0 N–H and O–H groups in total. The van der Waals surface area contributed by atoms with E-state index in [4.69, 9.17) is 13.9 Å². The first-order chi connectivity index (χ1) is 13.2. The Morgan fingerprint density at radius 3 is 2.52 bits per heavy atom. The first-order valence-corrected chi connectivity index (χ1v) is 9.00. The Labute approximate surface area is 157 Å². The minimum Gasteiger partial charge on any atom is -0.496 e. The molecule has 2 aromatic carbocycles. The summed E-state index contributed by atoms with van der Waals surface area (Å²) in [4.78, 5) is 0. The van der Waals surface area contributed by atoms with E-state index < -0.39 is 5.41 Å². The Bertz CT molecular complexity index is 902. The highest BCUT2D eigenvalue weighted by atomic mass is 19.1. The van der Waals surface area contributed by atoms with E-state index >= 15 is 0 Å². The van der Waals surface area contributed by atoms with E-state index in [2.05, 4.69) is 10.2 Å². The molecule has 0 aliphatic carbocycles. The summed E-state index contributed by atoms with van der Waals surface area (Å²) in [5.41, 5.74) is 1.51. The molecule has 0 saturated carbocycles. The predicted octanol–water partition coefficient (Wildman–Crippen LogP) is 3.90. The minimum atomic E-state index is -0.446. The zero-order valence-corrected chi connectivity index (χ0v) is 15.2. The van der Waals surface area contributed by atoms with Crippen LogP contribution in [-0.4, -0.2) is 30.5 Å². The molecule has 0 atom stereocenters. The van der Waals surface area contributed by atoms with E-state index in [1.807, 2.05) is 24.3 Å². The molecule has 3 aromatic rings. The van der Waals surface area contributed by atoms with Crippen molar-refractivity contribution in [1.82, 2.24) is 10.2 Å². The van der Waals surface area contributed by atoms with Crippen LogP contribution in [0.4, 0.5) is 4.39 Å². The van der Waals surface area contributed by atoms with Gasteiger partial charge in [-0.05, 0) is 36.6 Å². The molecule has 4 rings (SSSR count). The monoisotopic (exact) mass is 368 g/mol. The lowest BCUT2D eigenvalue weighted by atomic mass is 9.74. The summed E-state index contributed by atoms with van der Waals surface area (Å²) in [5.74, 6) is 1.62. The van der Waals surface area contributed by atoms with Gasteiger partial charge in [0.2, 0.25) is 11.8 Å². The van der Waals surface area contributed by atoms with E-state index in [1.165, 1.54) is 12.1 Å². The van der Waals surface area contributed by atoms with Crippen LogP contribution in [0.1, 0.15) is 35.7 Å². The Morgan fingerprint density at radius 2 is 1.78 bits per heavy atom. The van der Waals surface area contributed by atoms with Crippen LogP contribution in [0.15, 0.2) is 52.9 Å². The molecule has 1 saturated heterocycles. The Kier molecular flexibility index (Phi) is 4.90. The summed E-state index contributed by atoms with van der Waals surface area (Å²) in [6.45, 7) is 1.20. The van der Waals surface area contributed by atoms with E-state index in [-0.39, 0.29) is 5.82 Å². The Morgan fingerprint density at radius 1 is 1.04 bits per heavy atom. The van der Waals surface area contributed by atoms with Crippen molar-refractivity contribution in [2.24, 2.45) is 0 Å². The fourth-order valence-electron chi connectivity index (χ4n) is 3.65. The molecule has 5 nitrogen and oxygen atoms in total. The molecule has 0 radical (unpaired) electrons. The van der Waals surface area contributed by atoms with Gasteiger partial charge >= 0.3 is 0 Å². The van der Waals surface area contributed by atoms with Gasteiger partial charge in [-0.1, -0.05) is 30.3 Å². The molecule has 1 fully saturated rings. The molecule has 140 valence electrons. The molecule has 0 amide bonds. The zero-order valence-electron chi connectivity index (χ0n) is 15.2. The zero-order chi connectivity index (χ0) is 18.7. The number of hydrogen-bond acceptors (Lipinski definition) is 5. The van der Waals surface area contributed by atoms with E-state index in [1.54, 1.807) is 19.2 Å². The topological polar surface area (TPSA) is 57.4 Å². The highest BCUT2D eigenvalue weighted by Gasteiger charge is 2.41. The van der Waals surface area contributed by atoms with Crippen LogP contribution in [0.25, 0.3) is 0 Å². The lowest BCUT2D eigenvalue weighted by Gasteiger charge is -2.34. The summed E-state index contributed by atoms with van der Waals surface area (Å²) in [7, 11) is 1.64. The van der Waals surface area contributed by atoms with Crippen LogP contribution in [0.5, 0.6) is 5.75 Å². The van der Waals surface area contributed by atoms with Gasteiger partial charge in [-0.15, -0.1) is 10.2 Å². The van der Waals surface area contributed by atoms with Gasteiger partial charge in [-0.2, -0.15) is 0 Å². The second-order valence-corrected chi connectivity index (χ2v) is 6.69. The van der Waals surface area contributed by atoms with Crippen molar-refractivity contribution in [2.75, 3.05) is 20.3 Å². The number of methoxy groups -OCH3 is 1. The number of rotatable bonds is 5. The molecule has 1 aromatic heterocycles. The number of ether oxygens (including phenoxy) is 2. The van der Waals surface area contributed by atoms with Crippen molar-refractivity contribution >= 4 is 0 Å². The maximum Gasteiger partial charge on any atom is 0.227 e. The third-order valence-electron chi connectivity index (χ3n) is 5.15. The van der Waals surface area contributed by atoms with Crippen molar-refractivity contribution in [3.8, 4) is 5.75 Å². The number of nitrogens with zero attached hydrogens (tertiary/aromatic N) is 2. The predicted molar refractivity (Wildman–Crippen MR) is 97.3 cm³/mol. The molecule has 1 aliphatic rings. The molecule has 6 heteroatoms. The van der Waals surface area contributed by atoms with Crippen LogP contribution < -0.4 is 4.74 Å². The average molecular weight is 368 g/mol. The first kappa shape index (κ1) is 17.7. The summed E-state index contributed by atoms with van der Waals surface area (Å²) in [6.07, 6.45) is 1.93. The maximum atomic E-state index is 13.4. The van der Waals surface area contributed by atoms with Crippen LogP contribution in [0.3, 0.4) is 0 Å². The van der Waals surface area contributed by atoms with Crippen molar-refractivity contribution in [1.29, 1.82) is 0 Å². The van der Waals surface area contributed by atoms with Gasteiger partial charge < -0.3 is 13.9 Å². The summed E-state index contributed by atoms with van der Waals surface area (Å²) in [6, 6.07) is 14.3. The van der Waals surface area contributed by atoms with Crippen molar-refractivity contribution in [3.63, 3.8) is 0 Å². The number of hydrogen-bond donors (Lipinski definition) is 0. The van der Waals surface area contributed by atoms with Crippen LogP contribution in [0, 0.1) is 5.82 Å². The van der Waals surface area contributed by atoms with Gasteiger partial charge in [-0.3, -0.25) is 0 Å². The summed E-state index contributed by atoms with van der Waals surface area (Å²) >= 11 is 0. The smallest absolute Gasteiger partial charge is 0.227 e. The Hall–Kier alpha value is -2.73. The molecule has 0 spiro atoms. The highest BCUT2D eigenvalue weighted by Crippen LogP contribution is 2.40. The number of para-hydroxylation sites is 1. The third kappa shape index (κ3) is 3.45. The fourth-order valence-corrected chi connectivity index (χ4v) is 3.65. The number of halogens is 1. The summed E-state index contributed by atoms with van der Waals surface area (Å²) in [5, 5.41) is 8.62. The van der Waals surface area contributed by atoms with Gasteiger partial charge in [0.05, 0.1) is 18.9 Å². The normalized spacial score (nSPS) is 16.2. The Balaban J connectivity index is 1.67. The van der Waals surface area contributed by atoms with Crippen molar-refractivity contribution < 1.29 is 18.3 Å². The van der Waals surface area contributed by atoms with Gasteiger partial charge in [0.15, 0.2) is 0 Å². The van der Waals surface area contributed by atoms with Crippen molar-refractivity contribution in [2.45, 2.75) is 24.7 Å². The largest absolute Gasteiger partial charge is 0.496 e. The second-order valence-electron chi connectivity index (χ2n) is 6.69. The maximum absolute atomic E-state index is 13.4. The summed E-state index contributed by atoms with van der Waals surface area (Å²) < 4.78 is 30.4. The van der Waals surface area contributed by atoms with Gasteiger partial charge in [0.25, 0.3) is 0 Å². The molecule has 0 bridgehead atoms. The van der Waals surface area contributed by atoms with Gasteiger partial charge in [0, 0.05) is 18.8 Å². The first-order valence-electron chi connectivity index (χ1n) is 9.00. The van der Waals surface area contributed by atoms with Crippen LogP contribution >= 0.6 is 0 Å². The van der Waals surface area contributed by atoms with E-state index in [0.29, 0.717) is 31.4 Å². The lowest BCUT2D eigenvalue weighted by molar-refractivity contribution is 0.0540. The van der Waals surface area contributed by atoms with Gasteiger partial charge in [-0.25, -0.2) is 4.39 Å². The van der Waals surface area contributed by atoms with Crippen molar-refractivity contribution in [3.05, 3.63) is 77.3 Å². The SMILES string of the molecule is COc1ccccc1Cc1nnc(C2(c3ccc(F)cc3)CCOCC2)o1. The quantitative estimate of drug-likeness (QED) is 0.684. The van der Waals surface area contributed by atoms with E-state index in [9.17, 15) is 4.39 Å². The lowest BCUT2D eigenvalue weighted by Crippen LogP contribution is -2.35. The molecule has 0 unspecified atom stereocenters. The average Bonchev–Trinajstić information content (AvgIpc) is 3.18.